The van der Waals surface area contributed by atoms with Gasteiger partial charge in [-0.3, -0.25) is 0 Å². The third kappa shape index (κ3) is 3.73. The fraction of sp³-hybridized carbons (Fsp3) is 0.727. The molecule has 0 amide bonds. The van der Waals surface area contributed by atoms with Gasteiger partial charge in [0.05, 0.1) is 6.21 Å². The van der Waals surface area contributed by atoms with Crippen LogP contribution in [0.1, 0.15) is 20.3 Å². The molecule has 0 aliphatic carbocycles. The Morgan fingerprint density at radius 2 is 2.25 bits per heavy atom. The first kappa shape index (κ1) is 12.8. The summed E-state index contributed by atoms with van der Waals surface area (Å²) >= 11 is 0. The lowest BCUT2D eigenvalue weighted by molar-refractivity contribution is 0.0296. The Kier molecular flexibility index (Phi) is 5.11. The molecule has 0 saturated carbocycles. The smallest absolute Gasteiger partial charge is 0.142 e. The topological polar surface area (TPSA) is 48.3 Å². The maximum Gasteiger partial charge on any atom is 0.142 e. The standard InChI is InChI=1S/C11H21N3O2/c1-10(2)4-7-16-9-14-6-5-13(3)11(14)8-12-15/h5-6,8,10-11,15H,4,7,9H2,1-3H3/b12-8-. The quantitative estimate of drug-likeness (QED) is 0.323. The van der Waals surface area contributed by atoms with Crippen LogP contribution >= 0.6 is 0 Å². The Balaban J connectivity index is 2.28. The van der Waals surface area contributed by atoms with E-state index in [-0.39, 0.29) is 6.17 Å². The molecule has 0 saturated heterocycles. The van der Waals surface area contributed by atoms with Crippen LogP contribution < -0.4 is 0 Å². The summed E-state index contributed by atoms with van der Waals surface area (Å²) in [5.41, 5.74) is 0. The Morgan fingerprint density at radius 3 is 2.88 bits per heavy atom. The molecule has 16 heavy (non-hydrogen) atoms. The molecule has 0 aromatic rings. The van der Waals surface area contributed by atoms with E-state index in [1.54, 1.807) is 0 Å². The molecule has 0 radical (unpaired) electrons. The van der Waals surface area contributed by atoms with Gasteiger partial charge in [0.1, 0.15) is 12.9 Å². The molecule has 0 fully saturated rings. The van der Waals surface area contributed by atoms with Gasteiger partial charge in [0.2, 0.25) is 0 Å². The molecule has 1 unspecified atom stereocenters. The largest absolute Gasteiger partial charge is 0.411 e. The van der Waals surface area contributed by atoms with Gasteiger partial charge in [0.25, 0.3) is 0 Å². The van der Waals surface area contributed by atoms with Crippen molar-refractivity contribution in [2.75, 3.05) is 20.4 Å². The zero-order valence-electron chi connectivity index (χ0n) is 10.2. The minimum absolute atomic E-state index is 0.0518. The van der Waals surface area contributed by atoms with E-state index in [0.29, 0.717) is 12.6 Å². The third-order valence-electron chi connectivity index (χ3n) is 2.53. The molecule has 1 aliphatic heterocycles. The number of nitrogens with zero attached hydrogens (tertiary/aromatic N) is 3. The zero-order chi connectivity index (χ0) is 12.0. The molecule has 0 spiro atoms. The first-order valence-corrected chi connectivity index (χ1v) is 5.56. The highest BCUT2D eigenvalue weighted by atomic mass is 16.5. The Hall–Kier alpha value is -1.23. The van der Waals surface area contributed by atoms with Crippen molar-refractivity contribution in [3.05, 3.63) is 12.4 Å². The number of rotatable bonds is 6. The SMILES string of the molecule is CC(C)CCOCN1C=CN(C)C1/C=N\O. The molecule has 5 heteroatoms. The van der Waals surface area contributed by atoms with Gasteiger partial charge in [-0.25, -0.2) is 0 Å². The molecule has 5 nitrogen and oxygen atoms in total. The summed E-state index contributed by atoms with van der Waals surface area (Å²) in [5.74, 6) is 0.659. The summed E-state index contributed by atoms with van der Waals surface area (Å²) in [7, 11) is 1.93. The van der Waals surface area contributed by atoms with E-state index in [2.05, 4.69) is 19.0 Å². The van der Waals surface area contributed by atoms with Crippen LogP contribution in [-0.2, 0) is 4.74 Å². The van der Waals surface area contributed by atoms with Gasteiger partial charge in [0.15, 0.2) is 0 Å². The highest BCUT2D eigenvalue weighted by Crippen LogP contribution is 2.12. The van der Waals surface area contributed by atoms with Crippen LogP contribution in [0, 0.1) is 5.92 Å². The van der Waals surface area contributed by atoms with Crippen molar-refractivity contribution in [1.82, 2.24) is 9.80 Å². The predicted molar refractivity (Wildman–Crippen MR) is 63.1 cm³/mol. The Morgan fingerprint density at radius 1 is 1.50 bits per heavy atom. The molecule has 0 aromatic heterocycles. The van der Waals surface area contributed by atoms with E-state index in [9.17, 15) is 0 Å². The fourth-order valence-electron chi connectivity index (χ4n) is 1.46. The van der Waals surface area contributed by atoms with Crippen molar-refractivity contribution in [2.24, 2.45) is 11.1 Å². The monoisotopic (exact) mass is 227 g/mol. The summed E-state index contributed by atoms with van der Waals surface area (Å²) in [6.45, 7) is 5.63. The van der Waals surface area contributed by atoms with Gasteiger partial charge in [-0.2, -0.15) is 0 Å². The summed E-state index contributed by atoms with van der Waals surface area (Å²) in [4.78, 5) is 3.92. The fourth-order valence-corrected chi connectivity index (χ4v) is 1.46. The first-order valence-electron chi connectivity index (χ1n) is 5.56. The van der Waals surface area contributed by atoms with E-state index in [4.69, 9.17) is 9.94 Å². The average molecular weight is 227 g/mol. The van der Waals surface area contributed by atoms with Crippen LogP contribution in [0.5, 0.6) is 0 Å². The molecule has 0 aromatic carbocycles. The third-order valence-corrected chi connectivity index (χ3v) is 2.53. The van der Waals surface area contributed by atoms with Gasteiger partial charge in [-0.1, -0.05) is 19.0 Å². The van der Waals surface area contributed by atoms with E-state index in [0.717, 1.165) is 13.0 Å². The molecule has 1 aliphatic rings. The van der Waals surface area contributed by atoms with E-state index in [1.165, 1.54) is 6.21 Å². The van der Waals surface area contributed by atoms with Crippen LogP contribution in [0.2, 0.25) is 0 Å². The van der Waals surface area contributed by atoms with Gasteiger partial charge >= 0.3 is 0 Å². The van der Waals surface area contributed by atoms with Gasteiger partial charge in [-0.05, 0) is 12.3 Å². The lowest BCUT2D eigenvalue weighted by atomic mass is 10.1. The van der Waals surface area contributed by atoms with E-state index in [1.807, 2.05) is 29.2 Å². The molecular formula is C11H21N3O2. The molecule has 1 heterocycles. The van der Waals surface area contributed by atoms with E-state index < -0.39 is 0 Å². The summed E-state index contributed by atoms with van der Waals surface area (Å²) in [6.07, 6.45) is 6.35. The van der Waals surface area contributed by atoms with Crippen molar-refractivity contribution in [2.45, 2.75) is 26.4 Å². The second-order valence-corrected chi connectivity index (χ2v) is 4.38. The molecule has 0 bridgehead atoms. The second kappa shape index (κ2) is 6.37. The summed E-state index contributed by atoms with van der Waals surface area (Å²) < 4.78 is 5.56. The molecule has 1 atom stereocenters. The van der Waals surface area contributed by atoms with Crippen molar-refractivity contribution < 1.29 is 9.94 Å². The molecule has 1 rings (SSSR count). The second-order valence-electron chi connectivity index (χ2n) is 4.38. The van der Waals surface area contributed by atoms with Gasteiger partial charge < -0.3 is 19.7 Å². The van der Waals surface area contributed by atoms with Crippen LogP contribution in [0.3, 0.4) is 0 Å². The van der Waals surface area contributed by atoms with Crippen molar-refractivity contribution in [3.8, 4) is 0 Å². The maximum atomic E-state index is 8.55. The van der Waals surface area contributed by atoms with Crippen LogP contribution in [-0.4, -0.2) is 47.8 Å². The number of hydrogen-bond acceptors (Lipinski definition) is 5. The highest BCUT2D eigenvalue weighted by Gasteiger charge is 2.21. The molecule has 92 valence electrons. The molecular weight excluding hydrogens is 206 g/mol. The lowest BCUT2D eigenvalue weighted by Gasteiger charge is -2.26. The van der Waals surface area contributed by atoms with Crippen molar-refractivity contribution in [1.29, 1.82) is 0 Å². The van der Waals surface area contributed by atoms with Gasteiger partial charge in [-0.15, -0.1) is 0 Å². The van der Waals surface area contributed by atoms with Crippen LogP contribution in [0.4, 0.5) is 0 Å². The van der Waals surface area contributed by atoms with Crippen molar-refractivity contribution in [3.63, 3.8) is 0 Å². The zero-order valence-corrected chi connectivity index (χ0v) is 10.2. The number of hydrogen-bond donors (Lipinski definition) is 1. The van der Waals surface area contributed by atoms with Crippen molar-refractivity contribution >= 4 is 6.21 Å². The average Bonchev–Trinajstić information content (AvgIpc) is 2.56. The van der Waals surface area contributed by atoms with E-state index >= 15 is 0 Å². The number of ether oxygens (including phenoxy) is 1. The Bertz CT molecular complexity index is 254. The van der Waals surface area contributed by atoms with Gasteiger partial charge in [0, 0.05) is 26.1 Å². The lowest BCUT2D eigenvalue weighted by Crippen LogP contribution is -2.39. The van der Waals surface area contributed by atoms with Crippen LogP contribution in [0.25, 0.3) is 0 Å². The maximum absolute atomic E-state index is 8.55. The minimum atomic E-state index is -0.0518. The molecule has 1 N–H and O–H groups in total. The minimum Gasteiger partial charge on any atom is -0.411 e. The highest BCUT2D eigenvalue weighted by molar-refractivity contribution is 5.64. The van der Waals surface area contributed by atoms with Crippen LogP contribution in [0.15, 0.2) is 17.6 Å². The summed E-state index contributed by atoms with van der Waals surface area (Å²) in [5, 5.41) is 11.6. The Labute approximate surface area is 97.0 Å². The predicted octanol–water partition coefficient (Wildman–Crippen LogP) is 1.51. The normalized spacial score (nSPS) is 20.6. The first-order chi connectivity index (χ1) is 7.65. The summed E-state index contributed by atoms with van der Waals surface area (Å²) in [6, 6.07) is 0. The number of oxime groups is 1.